The van der Waals surface area contributed by atoms with Gasteiger partial charge < -0.3 is 15.8 Å². The topological polar surface area (TPSA) is 77.2 Å². The number of thioether (sulfide) groups is 1. The molecule has 1 amide bonds. The number of anilines is 2. The second-order valence-electron chi connectivity index (χ2n) is 4.46. The van der Waals surface area contributed by atoms with Gasteiger partial charge >= 0.3 is 0 Å². The molecular weight excluding hydrogens is 286 g/mol. The van der Waals surface area contributed by atoms with Gasteiger partial charge in [-0.05, 0) is 36.8 Å². The van der Waals surface area contributed by atoms with Gasteiger partial charge in [-0.25, -0.2) is 4.98 Å². The highest BCUT2D eigenvalue weighted by atomic mass is 32.2. The summed E-state index contributed by atoms with van der Waals surface area (Å²) in [5.41, 5.74) is 7.25. The Bertz CT molecular complexity index is 629. The third-order valence-electron chi connectivity index (χ3n) is 2.76. The van der Waals surface area contributed by atoms with Gasteiger partial charge in [0, 0.05) is 11.1 Å². The zero-order chi connectivity index (χ0) is 15.2. The Labute approximate surface area is 127 Å². The molecule has 0 unspecified atom stereocenters. The molecule has 21 heavy (non-hydrogen) atoms. The van der Waals surface area contributed by atoms with Crippen LogP contribution in [0.15, 0.2) is 41.4 Å². The first-order valence-electron chi connectivity index (χ1n) is 6.37. The number of nitrogen functional groups attached to an aromatic ring is 1. The highest BCUT2D eigenvalue weighted by Gasteiger charge is 2.08. The van der Waals surface area contributed by atoms with Crippen LogP contribution in [0.3, 0.4) is 0 Å². The number of methoxy groups -OCH3 is 1. The molecule has 0 saturated carbocycles. The first-order chi connectivity index (χ1) is 10.1. The number of nitrogens with zero attached hydrogens (tertiary/aromatic N) is 1. The van der Waals surface area contributed by atoms with Crippen molar-refractivity contribution in [1.82, 2.24) is 4.98 Å². The van der Waals surface area contributed by atoms with Crippen molar-refractivity contribution in [2.75, 3.05) is 23.9 Å². The molecule has 0 saturated heterocycles. The Morgan fingerprint density at radius 2 is 2.19 bits per heavy atom. The smallest absolute Gasteiger partial charge is 0.234 e. The summed E-state index contributed by atoms with van der Waals surface area (Å²) in [6.45, 7) is 1.96. The maximum Gasteiger partial charge on any atom is 0.234 e. The van der Waals surface area contributed by atoms with Crippen molar-refractivity contribution in [1.29, 1.82) is 0 Å². The lowest BCUT2D eigenvalue weighted by atomic mass is 10.2. The van der Waals surface area contributed by atoms with Crippen LogP contribution < -0.4 is 15.8 Å². The summed E-state index contributed by atoms with van der Waals surface area (Å²) < 4.78 is 5.23. The predicted octanol–water partition coefficient (Wildman–Crippen LogP) is 2.71. The molecule has 0 bridgehead atoms. The van der Waals surface area contributed by atoms with Crippen LogP contribution in [0.5, 0.6) is 5.75 Å². The number of aromatic nitrogens is 1. The summed E-state index contributed by atoms with van der Waals surface area (Å²) >= 11 is 1.40. The van der Waals surface area contributed by atoms with Gasteiger partial charge in [-0.2, -0.15) is 0 Å². The zero-order valence-electron chi connectivity index (χ0n) is 11.9. The third kappa shape index (κ3) is 4.39. The van der Waals surface area contributed by atoms with Gasteiger partial charge in [0.05, 0.1) is 18.6 Å². The number of carbonyl (C=O) groups excluding carboxylic acids is 1. The maximum absolute atomic E-state index is 12.0. The van der Waals surface area contributed by atoms with E-state index in [1.54, 1.807) is 19.4 Å². The molecule has 3 N–H and O–H groups in total. The molecule has 6 heteroatoms. The largest absolute Gasteiger partial charge is 0.495 e. The van der Waals surface area contributed by atoms with Crippen molar-refractivity contribution in [3.8, 4) is 5.75 Å². The molecule has 1 aromatic carbocycles. The van der Waals surface area contributed by atoms with Crippen LogP contribution in [0.25, 0.3) is 0 Å². The normalized spacial score (nSPS) is 10.2. The third-order valence-corrected chi connectivity index (χ3v) is 3.74. The average Bonchev–Trinajstić information content (AvgIpc) is 2.47. The molecule has 2 aromatic rings. The first kappa shape index (κ1) is 15.2. The summed E-state index contributed by atoms with van der Waals surface area (Å²) in [6.07, 6.45) is 1.65. The molecule has 0 fully saturated rings. The summed E-state index contributed by atoms with van der Waals surface area (Å²) in [6, 6.07) is 9.20. The number of amides is 1. The van der Waals surface area contributed by atoms with E-state index in [9.17, 15) is 4.79 Å². The first-order valence-corrected chi connectivity index (χ1v) is 7.36. The van der Waals surface area contributed by atoms with Crippen molar-refractivity contribution < 1.29 is 9.53 Å². The maximum atomic E-state index is 12.0. The van der Waals surface area contributed by atoms with E-state index in [-0.39, 0.29) is 5.91 Å². The molecule has 0 aliphatic heterocycles. The van der Waals surface area contributed by atoms with E-state index in [2.05, 4.69) is 10.3 Å². The van der Waals surface area contributed by atoms with Crippen LogP contribution in [0.1, 0.15) is 5.56 Å². The minimum atomic E-state index is -0.0966. The van der Waals surface area contributed by atoms with Crippen LogP contribution in [0.2, 0.25) is 0 Å². The molecule has 0 atom stereocenters. The molecule has 2 rings (SSSR count). The van der Waals surface area contributed by atoms with E-state index in [0.717, 1.165) is 10.5 Å². The molecule has 0 radical (unpaired) electrons. The van der Waals surface area contributed by atoms with Gasteiger partial charge in [0.15, 0.2) is 0 Å². The van der Waals surface area contributed by atoms with Crippen LogP contribution in [0, 0.1) is 6.92 Å². The Morgan fingerprint density at radius 1 is 1.38 bits per heavy atom. The summed E-state index contributed by atoms with van der Waals surface area (Å²) in [4.78, 5) is 16.9. The van der Waals surface area contributed by atoms with Crippen LogP contribution in [-0.2, 0) is 4.79 Å². The van der Waals surface area contributed by atoms with E-state index < -0.39 is 0 Å². The number of nitrogens with two attached hydrogens (primary N) is 1. The Kier molecular flexibility index (Phi) is 5.05. The molecule has 5 nitrogen and oxygen atoms in total. The van der Waals surface area contributed by atoms with Crippen molar-refractivity contribution in [3.63, 3.8) is 0 Å². The summed E-state index contributed by atoms with van der Waals surface area (Å²) in [5, 5.41) is 2.85. The SMILES string of the molecule is COc1ccc(C)cc1NC(=O)CSc1ccc(N)nc1. The van der Waals surface area contributed by atoms with E-state index >= 15 is 0 Å². The van der Waals surface area contributed by atoms with Gasteiger partial charge in [-0.15, -0.1) is 11.8 Å². The monoisotopic (exact) mass is 303 g/mol. The Balaban J connectivity index is 1.95. The standard InChI is InChI=1S/C15H17N3O2S/c1-10-3-5-13(20-2)12(7-10)18-15(19)9-21-11-4-6-14(16)17-8-11/h3-8H,9H2,1-2H3,(H2,16,17)(H,18,19). The highest BCUT2D eigenvalue weighted by Crippen LogP contribution is 2.26. The number of ether oxygens (including phenoxy) is 1. The number of rotatable bonds is 5. The van der Waals surface area contributed by atoms with E-state index in [0.29, 0.717) is 23.0 Å². The lowest BCUT2D eigenvalue weighted by Crippen LogP contribution is -2.14. The molecular formula is C15H17N3O2S. The number of aryl methyl sites for hydroxylation is 1. The minimum Gasteiger partial charge on any atom is -0.495 e. The fraction of sp³-hybridized carbons (Fsp3) is 0.200. The van der Waals surface area contributed by atoms with E-state index in [1.807, 2.05) is 31.2 Å². The number of hydrogen-bond acceptors (Lipinski definition) is 5. The number of hydrogen-bond donors (Lipinski definition) is 2. The summed E-state index contributed by atoms with van der Waals surface area (Å²) in [7, 11) is 1.58. The van der Waals surface area contributed by atoms with E-state index in [1.165, 1.54) is 11.8 Å². The van der Waals surface area contributed by atoms with Crippen molar-refractivity contribution >= 4 is 29.2 Å². The van der Waals surface area contributed by atoms with Gasteiger partial charge in [0.25, 0.3) is 0 Å². The highest BCUT2D eigenvalue weighted by molar-refractivity contribution is 8.00. The Hall–Kier alpha value is -2.21. The second kappa shape index (κ2) is 6.99. The molecule has 0 aliphatic carbocycles. The second-order valence-corrected chi connectivity index (χ2v) is 5.51. The quantitative estimate of drug-likeness (QED) is 0.830. The summed E-state index contributed by atoms with van der Waals surface area (Å²) in [5.74, 6) is 1.31. The molecule has 110 valence electrons. The van der Waals surface area contributed by atoms with Gasteiger partial charge in [-0.1, -0.05) is 6.07 Å². The van der Waals surface area contributed by atoms with Crippen molar-refractivity contribution in [3.05, 3.63) is 42.1 Å². The fourth-order valence-corrected chi connectivity index (χ4v) is 2.39. The molecule has 0 spiro atoms. The molecule has 1 aromatic heterocycles. The number of pyridine rings is 1. The van der Waals surface area contributed by atoms with Gasteiger partial charge in [-0.3, -0.25) is 4.79 Å². The average molecular weight is 303 g/mol. The lowest BCUT2D eigenvalue weighted by Gasteiger charge is -2.10. The van der Waals surface area contributed by atoms with Crippen LogP contribution in [0.4, 0.5) is 11.5 Å². The number of benzene rings is 1. The van der Waals surface area contributed by atoms with Gasteiger partial charge in [0.2, 0.25) is 5.91 Å². The Morgan fingerprint density at radius 3 is 2.86 bits per heavy atom. The zero-order valence-corrected chi connectivity index (χ0v) is 12.7. The van der Waals surface area contributed by atoms with Crippen molar-refractivity contribution in [2.45, 2.75) is 11.8 Å². The number of nitrogens with one attached hydrogen (secondary N) is 1. The molecule has 0 aliphatic rings. The van der Waals surface area contributed by atoms with E-state index in [4.69, 9.17) is 10.5 Å². The molecule has 1 heterocycles. The fourth-order valence-electron chi connectivity index (χ4n) is 1.73. The lowest BCUT2D eigenvalue weighted by molar-refractivity contribution is -0.113. The predicted molar refractivity (Wildman–Crippen MR) is 85.7 cm³/mol. The van der Waals surface area contributed by atoms with Crippen LogP contribution >= 0.6 is 11.8 Å². The van der Waals surface area contributed by atoms with Crippen LogP contribution in [-0.4, -0.2) is 23.8 Å². The van der Waals surface area contributed by atoms with Gasteiger partial charge in [0.1, 0.15) is 11.6 Å². The number of carbonyl (C=O) groups is 1. The minimum absolute atomic E-state index is 0.0966. The van der Waals surface area contributed by atoms with Crippen molar-refractivity contribution in [2.24, 2.45) is 0 Å².